The number of rotatable bonds is 5. The summed E-state index contributed by atoms with van der Waals surface area (Å²) in [5, 5.41) is 2.32. The number of likely N-dealkylation sites (N-methyl/N-ethyl adjacent to an activating group) is 1. The number of nitrogens with one attached hydrogen (secondary N) is 2. The van der Waals surface area contributed by atoms with E-state index in [0.717, 1.165) is 4.90 Å². The predicted molar refractivity (Wildman–Crippen MR) is 87.1 cm³/mol. The maximum absolute atomic E-state index is 13.7. The smallest absolute Gasteiger partial charge is 0.275 e. The van der Waals surface area contributed by atoms with Crippen molar-refractivity contribution in [1.29, 1.82) is 0 Å². The molecule has 2 N–H and O–H groups in total. The van der Waals surface area contributed by atoms with Gasteiger partial charge in [0.25, 0.3) is 5.91 Å². The van der Waals surface area contributed by atoms with E-state index in [1.54, 1.807) is 13.1 Å². The Balaban J connectivity index is 1.90. The number of benzene rings is 1. The first-order valence-electron chi connectivity index (χ1n) is 7.06. The molecule has 0 saturated carbocycles. The predicted octanol–water partition coefficient (Wildman–Crippen LogP) is 0.0144. The van der Waals surface area contributed by atoms with E-state index in [4.69, 9.17) is 23.2 Å². The number of carbonyl (C=O) groups is 1. The summed E-state index contributed by atoms with van der Waals surface area (Å²) in [6.45, 7) is 0.303. The number of quaternary nitrogens is 1. The Bertz CT molecular complexity index is 679. The lowest BCUT2D eigenvalue weighted by molar-refractivity contribution is -0.885. The summed E-state index contributed by atoms with van der Waals surface area (Å²) in [6, 6.07) is 3.84. The average molecular weight is 384 g/mol. The van der Waals surface area contributed by atoms with Crippen LogP contribution in [-0.2, 0) is 21.2 Å². The van der Waals surface area contributed by atoms with Crippen LogP contribution in [0.3, 0.4) is 0 Å². The molecule has 1 heterocycles. The van der Waals surface area contributed by atoms with Gasteiger partial charge in [0.2, 0.25) is 0 Å². The molecule has 1 aromatic carbocycles. The fourth-order valence-corrected chi connectivity index (χ4v) is 5.31. The van der Waals surface area contributed by atoms with Gasteiger partial charge in [-0.05, 0) is 12.1 Å². The maximum atomic E-state index is 13.7. The Labute approximate surface area is 144 Å². The molecule has 1 aliphatic rings. The van der Waals surface area contributed by atoms with E-state index < -0.39 is 27.1 Å². The Morgan fingerprint density at radius 3 is 2.70 bits per heavy atom. The van der Waals surface area contributed by atoms with Crippen LogP contribution in [0.25, 0.3) is 0 Å². The van der Waals surface area contributed by atoms with Gasteiger partial charge in [0, 0.05) is 0 Å². The molecule has 0 bridgehead atoms. The van der Waals surface area contributed by atoms with E-state index in [1.807, 2.05) is 0 Å². The third-order valence-corrected chi connectivity index (χ3v) is 6.36. The molecule has 128 valence electrons. The minimum atomic E-state index is -3.20. The van der Waals surface area contributed by atoms with Crippen LogP contribution in [0.4, 0.5) is 4.39 Å². The van der Waals surface area contributed by atoms with Crippen LogP contribution >= 0.6 is 23.2 Å². The molecule has 1 aliphatic heterocycles. The molecule has 2 rings (SSSR count). The van der Waals surface area contributed by atoms with Gasteiger partial charge in [0.1, 0.15) is 12.4 Å². The standard InChI is InChI=1S/C14H17Cl2FN2O3S/c1-19(5-9-10(15)3-2-4-12(9)17)6-14(20)18-13-8-23(21,22)7-11(13)16/h2-4,11,13H,5-8H2,1H3,(H,18,20)/p+1/t11-,13+/m0/s1. The Kier molecular flexibility index (Phi) is 5.89. The van der Waals surface area contributed by atoms with Gasteiger partial charge in [-0.3, -0.25) is 4.79 Å². The van der Waals surface area contributed by atoms with E-state index in [-0.39, 0.29) is 30.5 Å². The van der Waals surface area contributed by atoms with Crippen molar-refractivity contribution in [1.82, 2.24) is 5.32 Å². The number of alkyl halides is 1. The van der Waals surface area contributed by atoms with Gasteiger partial charge in [-0.2, -0.15) is 0 Å². The quantitative estimate of drug-likeness (QED) is 0.704. The normalized spacial score (nSPS) is 24.3. The van der Waals surface area contributed by atoms with Crippen molar-refractivity contribution in [3.8, 4) is 0 Å². The zero-order valence-corrected chi connectivity index (χ0v) is 14.8. The number of hydrogen-bond acceptors (Lipinski definition) is 3. The van der Waals surface area contributed by atoms with Gasteiger partial charge in [-0.1, -0.05) is 17.7 Å². The summed E-state index contributed by atoms with van der Waals surface area (Å²) in [5.41, 5.74) is 0.345. The highest BCUT2D eigenvalue weighted by Gasteiger charge is 2.37. The van der Waals surface area contributed by atoms with E-state index >= 15 is 0 Å². The number of carbonyl (C=O) groups excluding carboxylic acids is 1. The third kappa shape index (κ3) is 5.04. The molecule has 1 aromatic rings. The highest BCUT2D eigenvalue weighted by Crippen LogP contribution is 2.18. The molecular weight excluding hydrogens is 366 g/mol. The zero-order chi connectivity index (χ0) is 17.2. The highest BCUT2D eigenvalue weighted by atomic mass is 35.5. The monoisotopic (exact) mass is 383 g/mol. The number of halogens is 3. The van der Waals surface area contributed by atoms with Crippen molar-refractivity contribution >= 4 is 38.9 Å². The largest absolute Gasteiger partial charge is 0.346 e. The maximum Gasteiger partial charge on any atom is 0.275 e. The molecule has 0 aliphatic carbocycles. The highest BCUT2D eigenvalue weighted by molar-refractivity contribution is 7.91. The minimum absolute atomic E-state index is 0.0603. The van der Waals surface area contributed by atoms with E-state index in [1.165, 1.54) is 12.1 Å². The third-order valence-electron chi connectivity index (χ3n) is 3.63. The SMILES string of the molecule is C[NH+](CC(=O)N[C@@H]1CS(=O)(=O)C[C@@H]1Cl)Cc1c(F)cccc1Cl. The molecular formula is C14H18Cl2FN2O3S+. The summed E-state index contributed by atoms with van der Waals surface area (Å²) in [7, 11) is -1.47. The molecule has 1 unspecified atom stereocenters. The second kappa shape index (κ2) is 7.34. The van der Waals surface area contributed by atoms with E-state index in [0.29, 0.717) is 10.6 Å². The molecule has 5 nitrogen and oxygen atoms in total. The van der Waals surface area contributed by atoms with Crippen LogP contribution in [0.5, 0.6) is 0 Å². The molecule has 23 heavy (non-hydrogen) atoms. The van der Waals surface area contributed by atoms with Gasteiger partial charge < -0.3 is 10.2 Å². The summed E-state index contributed by atoms with van der Waals surface area (Å²) in [4.78, 5) is 12.7. The Hall–Kier alpha value is -0.890. The van der Waals surface area contributed by atoms with Crippen molar-refractivity contribution in [3.05, 3.63) is 34.6 Å². The van der Waals surface area contributed by atoms with Crippen LogP contribution < -0.4 is 10.2 Å². The molecule has 0 radical (unpaired) electrons. The van der Waals surface area contributed by atoms with Crippen molar-refractivity contribution in [2.45, 2.75) is 18.0 Å². The van der Waals surface area contributed by atoms with Crippen molar-refractivity contribution in [2.24, 2.45) is 0 Å². The van der Waals surface area contributed by atoms with Gasteiger partial charge in [-0.25, -0.2) is 12.8 Å². The molecule has 0 aromatic heterocycles. The summed E-state index contributed by atoms with van der Waals surface area (Å²) in [5.74, 6) is -1.03. The first-order chi connectivity index (χ1) is 10.7. The summed E-state index contributed by atoms with van der Waals surface area (Å²) < 4.78 is 36.7. The van der Waals surface area contributed by atoms with Gasteiger partial charge in [0.05, 0.1) is 40.6 Å². The first kappa shape index (κ1) is 18.4. The lowest BCUT2D eigenvalue weighted by Gasteiger charge is -2.18. The van der Waals surface area contributed by atoms with Gasteiger partial charge >= 0.3 is 0 Å². The Morgan fingerprint density at radius 2 is 2.13 bits per heavy atom. The van der Waals surface area contributed by atoms with Crippen LogP contribution in [-0.4, -0.2) is 50.8 Å². The lowest BCUT2D eigenvalue weighted by Crippen LogP contribution is -3.09. The molecule has 3 atom stereocenters. The van der Waals surface area contributed by atoms with Crippen LogP contribution in [0.15, 0.2) is 18.2 Å². The van der Waals surface area contributed by atoms with E-state index in [9.17, 15) is 17.6 Å². The number of sulfone groups is 1. The first-order valence-corrected chi connectivity index (χ1v) is 9.69. The van der Waals surface area contributed by atoms with Crippen molar-refractivity contribution < 1.29 is 22.5 Å². The fraction of sp³-hybridized carbons (Fsp3) is 0.500. The summed E-state index contributed by atoms with van der Waals surface area (Å²) >= 11 is 11.9. The molecule has 0 spiro atoms. The van der Waals surface area contributed by atoms with Crippen LogP contribution in [0.2, 0.25) is 5.02 Å². The molecule has 1 fully saturated rings. The van der Waals surface area contributed by atoms with E-state index in [2.05, 4.69) is 5.32 Å². The topological polar surface area (TPSA) is 67.7 Å². The Morgan fingerprint density at radius 1 is 1.43 bits per heavy atom. The molecule has 9 heteroatoms. The van der Waals surface area contributed by atoms with Crippen molar-refractivity contribution in [2.75, 3.05) is 25.1 Å². The molecule has 1 saturated heterocycles. The number of hydrogen-bond donors (Lipinski definition) is 2. The fourth-order valence-electron chi connectivity index (χ4n) is 2.53. The molecule has 1 amide bonds. The average Bonchev–Trinajstić information content (AvgIpc) is 2.66. The second-order valence-electron chi connectivity index (χ2n) is 5.78. The van der Waals surface area contributed by atoms with Gasteiger partial charge in [-0.15, -0.1) is 11.6 Å². The lowest BCUT2D eigenvalue weighted by atomic mass is 10.2. The zero-order valence-electron chi connectivity index (χ0n) is 12.5. The van der Waals surface area contributed by atoms with Crippen molar-refractivity contribution in [3.63, 3.8) is 0 Å². The summed E-state index contributed by atoms with van der Waals surface area (Å²) in [6.07, 6.45) is 0. The number of amides is 1. The van der Waals surface area contributed by atoms with Crippen LogP contribution in [0.1, 0.15) is 5.56 Å². The second-order valence-corrected chi connectivity index (χ2v) is 8.90. The van der Waals surface area contributed by atoms with Crippen LogP contribution in [0, 0.1) is 5.82 Å². The minimum Gasteiger partial charge on any atom is -0.346 e. The van der Waals surface area contributed by atoms with Gasteiger partial charge in [0.15, 0.2) is 16.4 Å².